The van der Waals surface area contributed by atoms with Crippen molar-refractivity contribution < 1.29 is 4.74 Å². The maximum absolute atomic E-state index is 11.1. The van der Waals surface area contributed by atoms with Crippen LogP contribution in [0.1, 0.15) is 12.5 Å². The molecule has 84 valence electrons. The van der Waals surface area contributed by atoms with Crippen LogP contribution in [0.2, 0.25) is 0 Å². The van der Waals surface area contributed by atoms with Crippen molar-refractivity contribution >= 4 is 11.3 Å². The fourth-order valence-corrected chi connectivity index (χ4v) is 2.23. The van der Waals surface area contributed by atoms with Crippen LogP contribution < -0.4 is 9.61 Å². The molecule has 0 fully saturated rings. The van der Waals surface area contributed by atoms with E-state index in [1.165, 1.54) is 11.3 Å². The van der Waals surface area contributed by atoms with Gasteiger partial charge in [-0.3, -0.25) is 4.79 Å². The molecule has 0 aliphatic carbocycles. The lowest BCUT2D eigenvalue weighted by Gasteiger charge is -2.08. The highest BCUT2D eigenvalue weighted by Gasteiger charge is 2.05. The zero-order valence-electron chi connectivity index (χ0n) is 9.24. The molecule has 0 saturated carbocycles. The van der Waals surface area contributed by atoms with Crippen LogP contribution in [0.25, 0.3) is 11.3 Å². The lowest BCUT2D eigenvalue weighted by molar-refractivity contribution is 0.410. The Morgan fingerprint density at radius 3 is 2.81 bits per heavy atom. The topological polar surface area (TPSA) is 42.1 Å². The van der Waals surface area contributed by atoms with E-state index in [9.17, 15) is 4.79 Å². The van der Waals surface area contributed by atoms with Crippen molar-refractivity contribution in [2.75, 3.05) is 7.11 Å². The lowest BCUT2D eigenvalue weighted by atomic mass is 10.1. The number of hydrogen-bond donors (Lipinski definition) is 1. The van der Waals surface area contributed by atoms with Crippen LogP contribution in [0.4, 0.5) is 0 Å². The first-order valence-electron chi connectivity index (χ1n) is 5.09. The SMILES string of the molecule is CCc1cc(-c2csc(=O)[nH]2)ccc1OC. The zero-order chi connectivity index (χ0) is 11.5. The molecule has 0 bridgehead atoms. The van der Waals surface area contributed by atoms with E-state index in [2.05, 4.69) is 18.0 Å². The van der Waals surface area contributed by atoms with E-state index in [0.717, 1.165) is 29.0 Å². The first kappa shape index (κ1) is 11.0. The monoisotopic (exact) mass is 235 g/mol. The number of methoxy groups -OCH3 is 1. The molecular formula is C12H13NO2S. The quantitative estimate of drug-likeness (QED) is 0.888. The van der Waals surface area contributed by atoms with E-state index in [0.29, 0.717) is 0 Å². The lowest BCUT2D eigenvalue weighted by Crippen LogP contribution is -1.94. The maximum Gasteiger partial charge on any atom is 0.304 e. The van der Waals surface area contributed by atoms with Gasteiger partial charge in [-0.2, -0.15) is 0 Å². The molecule has 0 unspecified atom stereocenters. The fourth-order valence-electron chi connectivity index (χ4n) is 1.64. The number of aromatic amines is 1. The van der Waals surface area contributed by atoms with E-state index >= 15 is 0 Å². The van der Waals surface area contributed by atoms with Crippen LogP contribution in [-0.4, -0.2) is 12.1 Å². The minimum absolute atomic E-state index is 0.0242. The Bertz CT molecular complexity index is 542. The van der Waals surface area contributed by atoms with Crippen LogP contribution >= 0.6 is 11.3 Å². The number of thiazole rings is 1. The van der Waals surface area contributed by atoms with Crippen molar-refractivity contribution in [2.45, 2.75) is 13.3 Å². The average Bonchev–Trinajstić information content (AvgIpc) is 2.75. The summed E-state index contributed by atoms with van der Waals surface area (Å²) in [4.78, 5) is 13.9. The molecule has 4 heteroatoms. The van der Waals surface area contributed by atoms with Crippen LogP contribution in [0.5, 0.6) is 5.75 Å². The molecule has 1 heterocycles. The Hall–Kier alpha value is -1.55. The molecule has 0 atom stereocenters. The summed E-state index contributed by atoms with van der Waals surface area (Å²) in [6.45, 7) is 2.08. The molecule has 16 heavy (non-hydrogen) atoms. The van der Waals surface area contributed by atoms with E-state index < -0.39 is 0 Å². The first-order chi connectivity index (χ1) is 7.74. The van der Waals surface area contributed by atoms with Crippen LogP contribution in [0, 0.1) is 0 Å². The molecule has 0 aliphatic rings. The number of hydrogen-bond acceptors (Lipinski definition) is 3. The third-order valence-electron chi connectivity index (χ3n) is 2.49. The van der Waals surface area contributed by atoms with Crippen LogP contribution in [0.15, 0.2) is 28.4 Å². The van der Waals surface area contributed by atoms with Gasteiger partial charge in [0.2, 0.25) is 0 Å². The van der Waals surface area contributed by atoms with Crippen LogP contribution in [-0.2, 0) is 6.42 Å². The number of ether oxygens (including phenoxy) is 1. The number of rotatable bonds is 3. The fraction of sp³-hybridized carbons (Fsp3) is 0.250. The minimum atomic E-state index is -0.0242. The standard InChI is InChI=1S/C12H13NO2S/c1-3-8-6-9(4-5-11(8)15-2)10-7-16-12(14)13-10/h4-7H,3H2,1-2H3,(H,13,14). The minimum Gasteiger partial charge on any atom is -0.496 e. The van der Waals surface area contributed by atoms with Gasteiger partial charge in [-0.1, -0.05) is 18.3 Å². The second kappa shape index (κ2) is 4.53. The van der Waals surface area contributed by atoms with Gasteiger partial charge in [-0.05, 0) is 35.7 Å². The molecule has 1 aromatic carbocycles. The summed E-state index contributed by atoms with van der Waals surface area (Å²) in [5.41, 5.74) is 3.04. The van der Waals surface area contributed by atoms with E-state index in [4.69, 9.17) is 4.74 Å². The molecule has 1 N–H and O–H groups in total. The number of nitrogens with one attached hydrogen (secondary N) is 1. The van der Waals surface area contributed by atoms with Gasteiger partial charge in [0.1, 0.15) is 5.75 Å². The Morgan fingerprint density at radius 2 is 2.25 bits per heavy atom. The molecule has 2 rings (SSSR count). The average molecular weight is 235 g/mol. The van der Waals surface area contributed by atoms with Crippen molar-refractivity contribution in [1.29, 1.82) is 0 Å². The summed E-state index contributed by atoms with van der Waals surface area (Å²) in [6, 6.07) is 5.94. The van der Waals surface area contributed by atoms with Gasteiger partial charge in [-0.25, -0.2) is 0 Å². The molecule has 2 aromatic rings. The van der Waals surface area contributed by atoms with Crippen LogP contribution in [0.3, 0.4) is 0 Å². The predicted octanol–water partition coefficient (Wildman–Crippen LogP) is 2.67. The number of benzene rings is 1. The highest BCUT2D eigenvalue weighted by Crippen LogP contribution is 2.25. The Balaban J connectivity index is 2.47. The van der Waals surface area contributed by atoms with Gasteiger partial charge in [0.15, 0.2) is 0 Å². The van der Waals surface area contributed by atoms with Gasteiger partial charge in [0.25, 0.3) is 0 Å². The molecular weight excluding hydrogens is 222 g/mol. The largest absolute Gasteiger partial charge is 0.496 e. The highest BCUT2D eigenvalue weighted by atomic mass is 32.1. The number of aryl methyl sites for hydroxylation is 1. The normalized spacial score (nSPS) is 10.4. The predicted molar refractivity (Wildman–Crippen MR) is 66.3 cm³/mol. The molecule has 0 radical (unpaired) electrons. The zero-order valence-corrected chi connectivity index (χ0v) is 10.1. The number of aromatic nitrogens is 1. The molecule has 1 aromatic heterocycles. The molecule has 0 amide bonds. The van der Waals surface area contributed by atoms with Crippen molar-refractivity contribution in [3.63, 3.8) is 0 Å². The van der Waals surface area contributed by atoms with Crippen molar-refractivity contribution in [3.8, 4) is 17.0 Å². The maximum atomic E-state index is 11.1. The second-order valence-corrected chi connectivity index (χ2v) is 4.28. The molecule has 0 spiro atoms. The summed E-state index contributed by atoms with van der Waals surface area (Å²) in [5, 5.41) is 1.84. The highest BCUT2D eigenvalue weighted by molar-refractivity contribution is 7.07. The summed E-state index contributed by atoms with van der Waals surface area (Å²) in [5.74, 6) is 0.892. The van der Waals surface area contributed by atoms with E-state index in [-0.39, 0.29) is 4.87 Å². The first-order valence-corrected chi connectivity index (χ1v) is 5.97. The summed E-state index contributed by atoms with van der Waals surface area (Å²) >= 11 is 1.18. The van der Waals surface area contributed by atoms with Crippen molar-refractivity contribution in [1.82, 2.24) is 4.98 Å². The summed E-state index contributed by atoms with van der Waals surface area (Å²) in [6.07, 6.45) is 0.908. The van der Waals surface area contributed by atoms with Gasteiger partial charge in [-0.15, -0.1) is 0 Å². The Labute approximate surface area is 97.7 Å². The van der Waals surface area contributed by atoms with E-state index in [1.54, 1.807) is 7.11 Å². The Morgan fingerprint density at radius 1 is 1.44 bits per heavy atom. The van der Waals surface area contributed by atoms with Gasteiger partial charge >= 0.3 is 4.87 Å². The molecule has 0 aliphatic heterocycles. The summed E-state index contributed by atoms with van der Waals surface area (Å²) in [7, 11) is 1.67. The van der Waals surface area contributed by atoms with Crippen molar-refractivity contribution in [3.05, 3.63) is 38.8 Å². The second-order valence-electron chi connectivity index (χ2n) is 3.44. The molecule has 0 saturated heterocycles. The smallest absolute Gasteiger partial charge is 0.304 e. The van der Waals surface area contributed by atoms with Crippen molar-refractivity contribution in [2.24, 2.45) is 0 Å². The summed E-state index contributed by atoms with van der Waals surface area (Å²) < 4.78 is 5.26. The van der Waals surface area contributed by atoms with Gasteiger partial charge < -0.3 is 9.72 Å². The van der Waals surface area contributed by atoms with Gasteiger partial charge in [0.05, 0.1) is 12.8 Å². The van der Waals surface area contributed by atoms with Gasteiger partial charge in [0, 0.05) is 5.38 Å². The number of H-pyrrole nitrogens is 1. The molecule has 3 nitrogen and oxygen atoms in total. The Kier molecular flexibility index (Phi) is 3.10. The van der Waals surface area contributed by atoms with E-state index in [1.807, 2.05) is 17.5 Å². The third kappa shape index (κ3) is 2.02. The third-order valence-corrected chi connectivity index (χ3v) is 3.16.